The van der Waals surface area contributed by atoms with Crippen molar-refractivity contribution in [3.63, 3.8) is 0 Å². The number of hydrogen-bond acceptors (Lipinski definition) is 3. The van der Waals surface area contributed by atoms with Gasteiger partial charge in [-0.15, -0.1) is 11.3 Å². The van der Waals surface area contributed by atoms with E-state index in [1.54, 1.807) is 13.0 Å². The van der Waals surface area contributed by atoms with Crippen LogP contribution in [0.1, 0.15) is 40.1 Å². The summed E-state index contributed by atoms with van der Waals surface area (Å²) < 4.78 is 0. The number of amides is 2. The number of carbonyl (C=O) groups is 2. The third-order valence-corrected chi connectivity index (χ3v) is 5.46. The molecule has 1 fully saturated rings. The van der Waals surface area contributed by atoms with Crippen molar-refractivity contribution in [3.05, 3.63) is 57.8 Å². The van der Waals surface area contributed by atoms with Gasteiger partial charge in [-0.2, -0.15) is 0 Å². The molecule has 2 heterocycles. The minimum Gasteiger partial charge on any atom is -0.340 e. The van der Waals surface area contributed by atoms with E-state index < -0.39 is 6.04 Å². The third kappa shape index (κ3) is 3.51. The first-order valence-corrected chi connectivity index (χ1v) is 9.13. The number of benzene rings is 1. The number of thiophene rings is 1. The number of carbonyl (C=O) groups excluding carboxylic acids is 2. The molecule has 5 heteroatoms. The van der Waals surface area contributed by atoms with Gasteiger partial charge in [0.2, 0.25) is 5.91 Å². The molecule has 1 aliphatic heterocycles. The van der Waals surface area contributed by atoms with E-state index in [4.69, 9.17) is 0 Å². The summed E-state index contributed by atoms with van der Waals surface area (Å²) in [5.74, 6) is 0.201. The highest BCUT2D eigenvalue weighted by Crippen LogP contribution is 2.29. The SMILES string of the molecule is Cc1ccccc1[C@@H]1CCN(C(=O)[C@H](C)NC(=O)c2cccs2)C1. The van der Waals surface area contributed by atoms with Crippen molar-refractivity contribution in [2.75, 3.05) is 13.1 Å². The average Bonchev–Trinajstić information content (AvgIpc) is 3.26. The number of aryl methyl sites for hydroxylation is 1. The highest BCUT2D eigenvalue weighted by Gasteiger charge is 2.31. The van der Waals surface area contributed by atoms with Gasteiger partial charge < -0.3 is 10.2 Å². The first kappa shape index (κ1) is 16.7. The average molecular weight is 342 g/mol. The van der Waals surface area contributed by atoms with E-state index in [2.05, 4.69) is 30.4 Å². The van der Waals surface area contributed by atoms with Gasteiger partial charge in [0, 0.05) is 19.0 Å². The summed E-state index contributed by atoms with van der Waals surface area (Å²) in [6.45, 7) is 5.35. The lowest BCUT2D eigenvalue weighted by molar-refractivity contribution is -0.131. The number of rotatable bonds is 4. The molecule has 3 rings (SSSR count). The summed E-state index contributed by atoms with van der Waals surface area (Å²) in [7, 11) is 0. The molecule has 1 aromatic carbocycles. The van der Waals surface area contributed by atoms with Crippen LogP contribution in [-0.4, -0.2) is 35.8 Å². The zero-order valence-electron chi connectivity index (χ0n) is 14.0. The maximum atomic E-state index is 12.6. The Labute approximate surface area is 146 Å². The Hall–Kier alpha value is -2.14. The smallest absolute Gasteiger partial charge is 0.261 e. The number of likely N-dealkylation sites (tertiary alicyclic amines) is 1. The Kier molecular flexibility index (Phi) is 5.00. The molecule has 1 N–H and O–H groups in total. The van der Waals surface area contributed by atoms with E-state index in [1.165, 1.54) is 22.5 Å². The molecule has 1 saturated heterocycles. The Morgan fingerprint density at radius 2 is 2.04 bits per heavy atom. The Morgan fingerprint density at radius 1 is 1.25 bits per heavy atom. The zero-order valence-corrected chi connectivity index (χ0v) is 14.8. The van der Waals surface area contributed by atoms with Gasteiger partial charge in [-0.3, -0.25) is 9.59 Å². The molecule has 24 heavy (non-hydrogen) atoms. The molecule has 0 spiro atoms. The number of hydrogen-bond donors (Lipinski definition) is 1. The molecular formula is C19H22N2O2S. The summed E-state index contributed by atoms with van der Waals surface area (Å²) in [4.78, 5) is 27.2. The standard InChI is InChI=1S/C19H22N2O2S/c1-13-6-3-4-7-16(13)15-9-10-21(12-15)19(23)14(2)20-18(22)17-8-5-11-24-17/h3-8,11,14-15H,9-10,12H2,1-2H3,(H,20,22)/t14-,15+/m0/s1. The lowest BCUT2D eigenvalue weighted by atomic mass is 9.94. The van der Waals surface area contributed by atoms with Crippen molar-refractivity contribution in [3.8, 4) is 0 Å². The largest absolute Gasteiger partial charge is 0.340 e. The second-order valence-electron chi connectivity index (χ2n) is 6.30. The molecule has 2 aromatic rings. The lowest BCUT2D eigenvalue weighted by Crippen LogP contribution is -2.46. The fraction of sp³-hybridized carbons (Fsp3) is 0.368. The molecule has 4 nitrogen and oxygen atoms in total. The van der Waals surface area contributed by atoms with Crippen LogP contribution in [0.4, 0.5) is 0 Å². The molecule has 2 atom stereocenters. The first-order valence-electron chi connectivity index (χ1n) is 8.25. The topological polar surface area (TPSA) is 49.4 Å². The van der Waals surface area contributed by atoms with Crippen LogP contribution in [0, 0.1) is 6.92 Å². The minimum absolute atomic E-state index is 0.00371. The lowest BCUT2D eigenvalue weighted by Gasteiger charge is -2.22. The summed E-state index contributed by atoms with van der Waals surface area (Å²) in [5.41, 5.74) is 2.60. The summed E-state index contributed by atoms with van der Waals surface area (Å²) in [6, 6.07) is 11.4. The molecule has 0 bridgehead atoms. The van der Waals surface area contributed by atoms with Crippen LogP contribution < -0.4 is 5.32 Å². The van der Waals surface area contributed by atoms with Crippen molar-refractivity contribution in [2.24, 2.45) is 0 Å². The van der Waals surface area contributed by atoms with Gasteiger partial charge in [0.15, 0.2) is 0 Å². The monoisotopic (exact) mass is 342 g/mol. The normalized spacial score (nSPS) is 18.4. The van der Waals surface area contributed by atoms with Gasteiger partial charge in [0.1, 0.15) is 6.04 Å². The van der Waals surface area contributed by atoms with Crippen molar-refractivity contribution in [1.82, 2.24) is 10.2 Å². The van der Waals surface area contributed by atoms with E-state index >= 15 is 0 Å². The molecule has 0 saturated carbocycles. The van der Waals surface area contributed by atoms with Crippen molar-refractivity contribution in [1.29, 1.82) is 0 Å². The van der Waals surface area contributed by atoms with E-state index in [0.29, 0.717) is 10.8 Å². The number of nitrogens with one attached hydrogen (secondary N) is 1. The predicted octanol–water partition coefficient (Wildman–Crippen LogP) is 3.19. The highest BCUT2D eigenvalue weighted by molar-refractivity contribution is 7.12. The molecule has 0 radical (unpaired) electrons. The van der Waals surface area contributed by atoms with Crippen LogP contribution in [0.5, 0.6) is 0 Å². The zero-order chi connectivity index (χ0) is 17.1. The predicted molar refractivity (Wildman–Crippen MR) is 96.4 cm³/mol. The maximum absolute atomic E-state index is 12.6. The molecule has 2 amide bonds. The fourth-order valence-electron chi connectivity index (χ4n) is 3.27. The second-order valence-corrected chi connectivity index (χ2v) is 7.25. The second kappa shape index (κ2) is 7.18. The molecular weight excluding hydrogens is 320 g/mol. The van der Waals surface area contributed by atoms with Crippen LogP contribution in [0.15, 0.2) is 41.8 Å². The van der Waals surface area contributed by atoms with Crippen LogP contribution >= 0.6 is 11.3 Å². The van der Waals surface area contributed by atoms with Crippen molar-refractivity contribution >= 4 is 23.2 Å². The van der Waals surface area contributed by atoms with Crippen molar-refractivity contribution in [2.45, 2.75) is 32.2 Å². The molecule has 0 aliphatic carbocycles. The van der Waals surface area contributed by atoms with Gasteiger partial charge in [-0.25, -0.2) is 0 Å². The Bertz CT molecular complexity index is 727. The molecule has 126 valence electrons. The fourth-order valence-corrected chi connectivity index (χ4v) is 3.90. The van der Waals surface area contributed by atoms with E-state index in [0.717, 1.165) is 19.5 Å². The summed E-state index contributed by atoms with van der Waals surface area (Å²) in [6.07, 6.45) is 0.974. The number of nitrogens with zero attached hydrogens (tertiary/aromatic N) is 1. The van der Waals surface area contributed by atoms with Gasteiger partial charge in [0.05, 0.1) is 4.88 Å². The van der Waals surface area contributed by atoms with E-state index in [1.807, 2.05) is 22.4 Å². The Balaban J connectivity index is 1.60. The van der Waals surface area contributed by atoms with Crippen molar-refractivity contribution < 1.29 is 9.59 Å². The molecule has 1 aliphatic rings. The van der Waals surface area contributed by atoms with Gasteiger partial charge in [-0.05, 0) is 42.8 Å². The molecule has 0 unspecified atom stereocenters. The van der Waals surface area contributed by atoms with Gasteiger partial charge in [0.25, 0.3) is 5.91 Å². The van der Waals surface area contributed by atoms with E-state index in [9.17, 15) is 9.59 Å². The van der Waals surface area contributed by atoms with Crippen LogP contribution in [0.3, 0.4) is 0 Å². The Morgan fingerprint density at radius 3 is 2.75 bits per heavy atom. The highest BCUT2D eigenvalue weighted by atomic mass is 32.1. The van der Waals surface area contributed by atoms with Gasteiger partial charge >= 0.3 is 0 Å². The first-order chi connectivity index (χ1) is 11.6. The summed E-state index contributed by atoms with van der Waals surface area (Å²) >= 11 is 1.38. The van der Waals surface area contributed by atoms with Crippen LogP contribution in [0.2, 0.25) is 0 Å². The minimum atomic E-state index is -0.504. The van der Waals surface area contributed by atoms with Gasteiger partial charge in [-0.1, -0.05) is 30.3 Å². The van der Waals surface area contributed by atoms with Crippen LogP contribution in [-0.2, 0) is 4.79 Å². The van der Waals surface area contributed by atoms with Crippen LogP contribution in [0.25, 0.3) is 0 Å². The third-order valence-electron chi connectivity index (χ3n) is 4.59. The van der Waals surface area contributed by atoms with E-state index in [-0.39, 0.29) is 11.8 Å². The molecule has 1 aromatic heterocycles. The summed E-state index contributed by atoms with van der Waals surface area (Å²) in [5, 5.41) is 4.66. The quantitative estimate of drug-likeness (QED) is 0.928. The maximum Gasteiger partial charge on any atom is 0.261 e.